The third-order valence-electron chi connectivity index (χ3n) is 4.58. The van der Waals surface area contributed by atoms with E-state index in [-0.39, 0.29) is 18.0 Å². The Morgan fingerprint density at radius 2 is 1.73 bits per heavy atom. The molecule has 2 aromatic rings. The van der Waals surface area contributed by atoms with Crippen molar-refractivity contribution in [1.29, 1.82) is 0 Å². The third-order valence-corrected chi connectivity index (χ3v) is 5.11. The fraction of sp³-hybridized carbons (Fsp3) is 0.316. The lowest BCUT2D eigenvalue weighted by Gasteiger charge is -2.16. The number of fused-ring (bicyclic) bond motifs is 1. The first-order valence-corrected chi connectivity index (χ1v) is 8.58. The Morgan fingerprint density at radius 1 is 1.00 bits per heavy atom. The average molecular weight is 357 g/mol. The van der Waals surface area contributed by atoms with Crippen LogP contribution in [-0.2, 0) is 17.6 Å². The van der Waals surface area contributed by atoms with Crippen LogP contribution >= 0.6 is 15.9 Å². The second kappa shape index (κ2) is 5.64. The predicted octanol–water partition coefficient (Wildman–Crippen LogP) is 4.65. The van der Waals surface area contributed by atoms with Gasteiger partial charge in [-0.3, -0.25) is 4.79 Å². The molecule has 0 amide bonds. The number of benzene rings is 2. The molecule has 0 N–H and O–H groups in total. The van der Waals surface area contributed by atoms with Gasteiger partial charge in [-0.15, -0.1) is 0 Å². The summed E-state index contributed by atoms with van der Waals surface area (Å²) < 4.78 is 6.67. The fourth-order valence-electron chi connectivity index (χ4n) is 3.27. The number of ketones is 1. The lowest BCUT2D eigenvalue weighted by molar-refractivity contribution is 0.0953. The van der Waals surface area contributed by atoms with E-state index in [0.29, 0.717) is 0 Å². The Balaban J connectivity index is 1.52. The SMILES string of the molecule is O=C(c1ccc2c(c1)CCCC2)[C@@H]1O[C@H]1c1ccc(Br)cc1. The summed E-state index contributed by atoms with van der Waals surface area (Å²) in [5.74, 6) is 0.112. The Morgan fingerprint density at radius 3 is 2.50 bits per heavy atom. The molecule has 22 heavy (non-hydrogen) atoms. The molecule has 0 bridgehead atoms. The Kier molecular flexibility index (Phi) is 3.63. The maximum Gasteiger partial charge on any atom is 0.194 e. The minimum Gasteiger partial charge on any atom is -0.356 e. The number of ether oxygens (including phenoxy) is 1. The molecule has 4 rings (SSSR count). The highest BCUT2D eigenvalue weighted by atomic mass is 79.9. The number of hydrogen-bond donors (Lipinski definition) is 0. The standard InChI is InChI=1S/C19H17BrO2/c20-16-9-7-13(8-10-16)18-19(22-18)17(21)15-6-5-12-3-1-2-4-14(12)11-15/h5-11,18-19H,1-4H2/t18-,19-/m0/s1. The molecule has 112 valence electrons. The summed E-state index contributed by atoms with van der Waals surface area (Å²) in [5.41, 5.74) is 4.62. The summed E-state index contributed by atoms with van der Waals surface area (Å²) in [6.07, 6.45) is 4.33. The zero-order valence-corrected chi connectivity index (χ0v) is 13.8. The molecule has 0 unspecified atom stereocenters. The van der Waals surface area contributed by atoms with Gasteiger partial charge in [-0.05, 0) is 60.6 Å². The van der Waals surface area contributed by atoms with Crippen LogP contribution in [0.2, 0.25) is 0 Å². The molecule has 0 saturated carbocycles. The van der Waals surface area contributed by atoms with E-state index in [1.54, 1.807) is 0 Å². The van der Waals surface area contributed by atoms with Crippen LogP contribution in [0.3, 0.4) is 0 Å². The normalized spacial score (nSPS) is 23.0. The van der Waals surface area contributed by atoms with Crippen molar-refractivity contribution < 1.29 is 9.53 Å². The number of aryl methyl sites for hydroxylation is 2. The van der Waals surface area contributed by atoms with Crippen LogP contribution in [0, 0.1) is 0 Å². The smallest absolute Gasteiger partial charge is 0.194 e. The van der Waals surface area contributed by atoms with Gasteiger partial charge in [0.2, 0.25) is 0 Å². The van der Waals surface area contributed by atoms with Crippen LogP contribution in [0.4, 0.5) is 0 Å². The molecule has 3 heteroatoms. The van der Waals surface area contributed by atoms with E-state index in [2.05, 4.69) is 28.1 Å². The van der Waals surface area contributed by atoms with Crippen molar-refractivity contribution in [3.8, 4) is 0 Å². The summed E-state index contributed by atoms with van der Waals surface area (Å²) in [6.45, 7) is 0. The maximum absolute atomic E-state index is 12.6. The van der Waals surface area contributed by atoms with Crippen LogP contribution in [0.15, 0.2) is 46.9 Å². The van der Waals surface area contributed by atoms with E-state index >= 15 is 0 Å². The number of rotatable bonds is 3. The van der Waals surface area contributed by atoms with Gasteiger partial charge in [-0.1, -0.05) is 40.2 Å². The van der Waals surface area contributed by atoms with Gasteiger partial charge in [0.15, 0.2) is 11.9 Å². The molecule has 0 aromatic heterocycles. The lowest BCUT2D eigenvalue weighted by Crippen LogP contribution is -2.11. The second-order valence-corrected chi connectivity index (χ2v) is 7.00. The summed E-state index contributed by atoms with van der Waals surface area (Å²) in [5, 5.41) is 0. The van der Waals surface area contributed by atoms with E-state index in [1.807, 2.05) is 30.3 Å². The summed E-state index contributed by atoms with van der Waals surface area (Å²) in [7, 11) is 0. The zero-order chi connectivity index (χ0) is 15.1. The Labute approximate surface area is 138 Å². The highest BCUT2D eigenvalue weighted by Crippen LogP contribution is 2.41. The number of hydrogen-bond acceptors (Lipinski definition) is 2. The van der Waals surface area contributed by atoms with Crippen molar-refractivity contribution in [2.75, 3.05) is 0 Å². The van der Waals surface area contributed by atoms with E-state index in [1.165, 1.54) is 24.0 Å². The molecule has 2 nitrogen and oxygen atoms in total. The van der Waals surface area contributed by atoms with Crippen LogP contribution in [-0.4, -0.2) is 11.9 Å². The molecule has 2 aromatic carbocycles. The summed E-state index contributed by atoms with van der Waals surface area (Å²) in [6, 6.07) is 14.2. The molecule has 1 saturated heterocycles. The van der Waals surface area contributed by atoms with E-state index in [4.69, 9.17) is 4.74 Å². The number of carbonyl (C=O) groups is 1. The molecule has 0 radical (unpaired) electrons. The topological polar surface area (TPSA) is 29.6 Å². The summed E-state index contributed by atoms with van der Waals surface area (Å²) >= 11 is 3.42. The van der Waals surface area contributed by atoms with Crippen LogP contribution in [0.5, 0.6) is 0 Å². The minimum atomic E-state index is -0.317. The van der Waals surface area contributed by atoms with E-state index in [9.17, 15) is 4.79 Å². The van der Waals surface area contributed by atoms with Gasteiger partial charge >= 0.3 is 0 Å². The first kappa shape index (κ1) is 14.2. The maximum atomic E-state index is 12.6. The molecular weight excluding hydrogens is 340 g/mol. The van der Waals surface area contributed by atoms with Gasteiger partial charge in [0, 0.05) is 10.0 Å². The lowest BCUT2D eigenvalue weighted by atomic mass is 9.89. The van der Waals surface area contributed by atoms with Crippen molar-refractivity contribution in [3.63, 3.8) is 0 Å². The Bertz CT molecular complexity index is 721. The molecule has 2 atom stereocenters. The van der Waals surface area contributed by atoms with Gasteiger partial charge < -0.3 is 4.74 Å². The molecule has 0 spiro atoms. The molecule has 1 fully saturated rings. The number of halogens is 1. The minimum absolute atomic E-state index is 0.0865. The highest BCUT2D eigenvalue weighted by Gasteiger charge is 2.46. The Hall–Kier alpha value is -1.45. The zero-order valence-electron chi connectivity index (χ0n) is 12.2. The molecule has 1 aliphatic carbocycles. The summed E-state index contributed by atoms with van der Waals surface area (Å²) in [4.78, 5) is 12.6. The van der Waals surface area contributed by atoms with Gasteiger partial charge in [-0.25, -0.2) is 0 Å². The number of Topliss-reactive ketones (excluding diaryl/α,β-unsaturated/α-hetero) is 1. The first-order valence-electron chi connectivity index (χ1n) is 7.79. The van der Waals surface area contributed by atoms with Crippen LogP contribution in [0.1, 0.15) is 46.0 Å². The second-order valence-electron chi connectivity index (χ2n) is 6.08. The predicted molar refractivity (Wildman–Crippen MR) is 89.2 cm³/mol. The van der Waals surface area contributed by atoms with E-state index in [0.717, 1.165) is 28.4 Å². The van der Waals surface area contributed by atoms with Crippen molar-refractivity contribution in [3.05, 3.63) is 69.2 Å². The van der Waals surface area contributed by atoms with Gasteiger partial charge in [0.1, 0.15) is 6.10 Å². The first-order chi connectivity index (χ1) is 10.7. The van der Waals surface area contributed by atoms with Gasteiger partial charge in [0.25, 0.3) is 0 Å². The molecule has 1 heterocycles. The number of carbonyl (C=O) groups excluding carboxylic acids is 1. The third kappa shape index (κ3) is 2.64. The molecular formula is C19H17BrO2. The van der Waals surface area contributed by atoms with Crippen LogP contribution < -0.4 is 0 Å². The molecule has 2 aliphatic rings. The van der Waals surface area contributed by atoms with E-state index < -0.39 is 0 Å². The van der Waals surface area contributed by atoms with Crippen LogP contribution in [0.25, 0.3) is 0 Å². The van der Waals surface area contributed by atoms with Crippen molar-refractivity contribution in [1.82, 2.24) is 0 Å². The molecule has 1 aliphatic heterocycles. The highest BCUT2D eigenvalue weighted by molar-refractivity contribution is 9.10. The van der Waals surface area contributed by atoms with Gasteiger partial charge in [-0.2, -0.15) is 0 Å². The monoisotopic (exact) mass is 356 g/mol. The van der Waals surface area contributed by atoms with Crippen molar-refractivity contribution in [2.24, 2.45) is 0 Å². The van der Waals surface area contributed by atoms with Gasteiger partial charge in [0.05, 0.1) is 0 Å². The van der Waals surface area contributed by atoms with Crippen molar-refractivity contribution in [2.45, 2.75) is 37.9 Å². The average Bonchev–Trinajstić information content (AvgIpc) is 3.35. The van der Waals surface area contributed by atoms with Crippen molar-refractivity contribution >= 4 is 21.7 Å². The quantitative estimate of drug-likeness (QED) is 0.591. The fourth-order valence-corrected chi connectivity index (χ4v) is 3.53. The number of epoxide rings is 1. The largest absolute Gasteiger partial charge is 0.356 e.